The van der Waals surface area contributed by atoms with Gasteiger partial charge in [-0.05, 0) is 18.9 Å². The highest BCUT2D eigenvalue weighted by molar-refractivity contribution is 5.40. The average Bonchev–Trinajstić information content (AvgIpc) is 2.60. The van der Waals surface area contributed by atoms with Gasteiger partial charge >= 0.3 is 0 Å². The summed E-state index contributed by atoms with van der Waals surface area (Å²) in [7, 11) is 0. The van der Waals surface area contributed by atoms with Crippen molar-refractivity contribution in [2.75, 3.05) is 5.73 Å². The number of H-pyrrole nitrogens is 1. The smallest absolute Gasteiger partial charge is 0.290 e. The van der Waals surface area contributed by atoms with E-state index in [1.807, 2.05) is 38.1 Å². The van der Waals surface area contributed by atoms with Gasteiger partial charge in [-0.3, -0.25) is 9.89 Å². The zero-order chi connectivity index (χ0) is 12.4. The molecule has 0 aliphatic rings. The molecule has 0 radical (unpaired) electrons. The molecule has 0 saturated carbocycles. The number of aromatic amines is 1. The summed E-state index contributed by atoms with van der Waals surface area (Å²) in [5, 5.41) is 3.04. The van der Waals surface area contributed by atoms with Crippen molar-refractivity contribution in [3.05, 3.63) is 51.4 Å². The quantitative estimate of drug-likeness (QED) is 0.844. The highest BCUT2D eigenvalue weighted by atomic mass is 16.1. The average molecular weight is 231 g/mol. The number of aryl methyl sites for hydroxylation is 2. The highest BCUT2D eigenvalue weighted by Gasteiger charge is 2.09. The van der Waals surface area contributed by atoms with Crippen LogP contribution in [0.15, 0.2) is 29.1 Å². The van der Waals surface area contributed by atoms with Crippen LogP contribution in [0.1, 0.15) is 23.7 Å². The summed E-state index contributed by atoms with van der Waals surface area (Å²) in [6.07, 6.45) is 0.738. The van der Waals surface area contributed by atoms with E-state index in [9.17, 15) is 4.79 Å². The standard InChI is InChI=1S/C13H17N3O/c1-3-11-12(14)13(17)16(15-11)8-10-6-4-9(2)5-7-10/h4-7,15H,3,8,14H2,1-2H3. The van der Waals surface area contributed by atoms with E-state index in [4.69, 9.17) is 5.73 Å². The van der Waals surface area contributed by atoms with Crippen LogP contribution in [-0.2, 0) is 13.0 Å². The van der Waals surface area contributed by atoms with Gasteiger partial charge in [0.2, 0.25) is 0 Å². The van der Waals surface area contributed by atoms with Gasteiger partial charge in [0, 0.05) is 0 Å². The Balaban J connectivity index is 2.30. The number of nitrogens with two attached hydrogens (primary N) is 1. The molecule has 1 heterocycles. The molecular formula is C13H17N3O. The second kappa shape index (κ2) is 4.49. The zero-order valence-corrected chi connectivity index (χ0v) is 10.2. The Hall–Kier alpha value is -1.97. The Morgan fingerprint density at radius 1 is 1.29 bits per heavy atom. The van der Waals surface area contributed by atoms with Gasteiger partial charge in [-0.2, -0.15) is 0 Å². The van der Waals surface area contributed by atoms with Crippen molar-refractivity contribution < 1.29 is 0 Å². The molecule has 4 heteroatoms. The Bertz CT molecular complexity index is 563. The predicted octanol–water partition coefficient (Wildman–Crippen LogP) is 1.68. The van der Waals surface area contributed by atoms with Crippen LogP contribution in [0, 0.1) is 6.92 Å². The van der Waals surface area contributed by atoms with Gasteiger partial charge in [0.15, 0.2) is 0 Å². The van der Waals surface area contributed by atoms with Crippen LogP contribution < -0.4 is 11.3 Å². The van der Waals surface area contributed by atoms with Crippen LogP contribution in [0.4, 0.5) is 5.69 Å². The summed E-state index contributed by atoms with van der Waals surface area (Å²) in [5.41, 5.74) is 9.03. The third-order valence-corrected chi connectivity index (χ3v) is 2.89. The van der Waals surface area contributed by atoms with Crippen molar-refractivity contribution >= 4 is 5.69 Å². The molecule has 0 spiro atoms. The first-order valence-corrected chi connectivity index (χ1v) is 5.74. The molecule has 0 saturated heterocycles. The number of anilines is 1. The number of benzene rings is 1. The van der Waals surface area contributed by atoms with Crippen LogP contribution in [0.5, 0.6) is 0 Å². The lowest BCUT2D eigenvalue weighted by molar-refractivity contribution is 0.653. The molecule has 1 aromatic carbocycles. The number of nitrogens with zero attached hydrogens (tertiary/aromatic N) is 1. The highest BCUT2D eigenvalue weighted by Crippen LogP contribution is 2.07. The first kappa shape index (κ1) is 11.5. The van der Waals surface area contributed by atoms with Crippen molar-refractivity contribution in [1.29, 1.82) is 0 Å². The molecule has 2 rings (SSSR count). The van der Waals surface area contributed by atoms with Gasteiger partial charge in [-0.15, -0.1) is 0 Å². The Morgan fingerprint density at radius 2 is 1.94 bits per heavy atom. The number of rotatable bonds is 3. The molecule has 90 valence electrons. The Kier molecular flexibility index (Phi) is 3.04. The maximum Gasteiger partial charge on any atom is 0.290 e. The number of nitrogen functional groups attached to an aromatic ring is 1. The summed E-state index contributed by atoms with van der Waals surface area (Å²) >= 11 is 0. The predicted molar refractivity (Wildman–Crippen MR) is 69.1 cm³/mol. The first-order chi connectivity index (χ1) is 8.11. The van der Waals surface area contributed by atoms with E-state index >= 15 is 0 Å². The number of nitrogens with one attached hydrogen (secondary N) is 1. The number of aromatic nitrogens is 2. The monoisotopic (exact) mass is 231 g/mol. The maximum absolute atomic E-state index is 11.8. The van der Waals surface area contributed by atoms with E-state index in [2.05, 4.69) is 5.10 Å². The van der Waals surface area contributed by atoms with Gasteiger partial charge in [0.1, 0.15) is 5.69 Å². The van der Waals surface area contributed by atoms with Crippen molar-refractivity contribution in [3.8, 4) is 0 Å². The second-order valence-electron chi connectivity index (χ2n) is 4.23. The van der Waals surface area contributed by atoms with Crippen molar-refractivity contribution in [2.45, 2.75) is 26.8 Å². The minimum Gasteiger partial charge on any atom is -0.393 e. The maximum atomic E-state index is 11.8. The summed E-state index contributed by atoms with van der Waals surface area (Å²) in [5.74, 6) is 0. The summed E-state index contributed by atoms with van der Waals surface area (Å²) < 4.78 is 1.55. The van der Waals surface area contributed by atoms with E-state index in [0.29, 0.717) is 12.2 Å². The summed E-state index contributed by atoms with van der Waals surface area (Å²) in [6, 6.07) is 8.11. The van der Waals surface area contributed by atoms with E-state index in [0.717, 1.165) is 17.7 Å². The lowest BCUT2D eigenvalue weighted by Crippen LogP contribution is -2.19. The van der Waals surface area contributed by atoms with Gasteiger partial charge in [0.25, 0.3) is 5.56 Å². The molecule has 4 nitrogen and oxygen atoms in total. The van der Waals surface area contributed by atoms with Gasteiger partial charge in [0.05, 0.1) is 12.2 Å². The molecule has 0 amide bonds. The fourth-order valence-corrected chi connectivity index (χ4v) is 1.81. The number of hydrogen-bond acceptors (Lipinski definition) is 2. The molecule has 0 aliphatic heterocycles. The molecule has 17 heavy (non-hydrogen) atoms. The SMILES string of the molecule is CCc1[nH]n(Cc2ccc(C)cc2)c(=O)c1N. The molecule has 0 bridgehead atoms. The molecule has 0 fully saturated rings. The Morgan fingerprint density at radius 3 is 2.47 bits per heavy atom. The molecule has 3 N–H and O–H groups in total. The van der Waals surface area contributed by atoms with E-state index < -0.39 is 0 Å². The van der Waals surface area contributed by atoms with E-state index in [1.165, 1.54) is 5.56 Å². The van der Waals surface area contributed by atoms with E-state index in [-0.39, 0.29) is 5.56 Å². The van der Waals surface area contributed by atoms with Gasteiger partial charge in [-0.1, -0.05) is 36.8 Å². The second-order valence-corrected chi connectivity index (χ2v) is 4.23. The first-order valence-electron chi connectivity index (χ1n) is 5.74. The Labute approximate surface area is 100 Å². The molecular weight excluding hydrogens is 214 g/mol. The topological polar surface area (TPSA) is 63.8 Å². The lowest BCUT2D eigenvalue weighted by Gasteiger charge is -2.02. The van der Waals surface area contributed by atoms with Crippen molar-refractivity contribution in [1.82, 2.24) is 9.78 Å². The largest absolute Gasteiger partial charge is 0.393 e. The molecule has 1 aromatic heterocycles. The molecule has 2 aromatic rings. The van der Waals surface area contributed by atoms with E-state index in [1.54, 1.807) is 4.68 Å². The fourth-order valence-electron chi connectivity index (χ4n) is 1.81. The summed E-state index contributed by atoms with van der Waals surface area (Å²) in [6.45, 7) is 4.54. The normalized spacial score (nSPS) is 10.7. The van der Waals surface area contributed by atoms with Crippen LogP contribution in [-0.4, -0.2) is 9.78 Å². The van der Waals surface area contributed by atoms with Crippen LogP contribution in [0.3, 0.4) is 0 Å². The van der Waals surface area contributed by atoms with Crippen LogP contribution in [0.2, 0.25) is 0 Å². The van der Waals surface area contributed by atoms with Gasteiger partial charge < -0.3 is 5.73 Å². The zero-order valence-electron chi connectivity index (χ0n) is 10.2. The molecule has 0 atom stereocenters. The third-order valence-electron chi connectivity index (χ3n) is 2.89. The van der Waals surface area contributed by atoms with Crippen molar-refractivity contribution in [2.24, 2.45) is 0 Å². The van der Waals surface area contributed by atoms with Gasteiger partial charge in [-0.25, -0.2) is 4.68 Å². The van der Waals surface area contributed by atoms with Crippen molar-refractivity contribution in [3.63, 3.8) is 0 Å². The minimum atomic E-state index is -0.137. The molecule has 0 unspecified atom stereocenters. The fraction of sp³-hybridized carbons (Fsp3) is 0.308. The van der Waals surface area contributed by atoms with Crippen LogP contribution in [0.25, 0.3) is 0 Å². The van der Waals surface area contributed by atoms with Crippen LogP contribution >= 0.6 is 0 Å². The summed E-state index contributed by atoms with van der Waals surface area (Å²) in [4.78, 5) is 11.8. The minimum absolute atomic E-state index is 0.137. The third kappa shape index (κ3) is 2.25. The number of hydrogen-bond donors (Lipinski definition) is 2. The lowest BCUT2D eigenvalue weighted by atomic mass is 10.1. The molecule has 0 aliphatic carbocycles.